The molecule has 0 amide bonds. The van der Waals surface area contributed by atoms with Gasteiger partial charge in [0.1, 0.15) is 23.7 Å². The number of hydrogen-bond acceptors (Lipinski definition) is 5. The number of hydrogen-bond donors (Lipinski definition) is 2. The van der Waals surface area contributed by atoms with Crippen molar-refractivity contribution in [3.63, 3.8) is 0 Å². The van der Waals surface area contributed by atoms with Crippen LogP contribution in [0.1, 0.15) is 22.3 Å². The SMILES string of the molecule is O=C(O)c1c(OCC#CCN2CCC2)ccc2c1OB(O)CC2. The minimum absolute atomic E-state index is 0.0502. The van der Waals surface area contributed by atoms with E-state index in [1.54, 1.807) is 12.1 Å². The van der Waals surface area contributed by atoms with Gasteiger partial charge in [-0.2, -0.15) is 0 Å². The predicted molar refractivity (Wildman–Crippen MR) is 84.8 cm³/mol. The van der Waals surface area contributed by atoms with Crippen LogP contribution in [0, 0.1) is 11.8 Å². The fraction of sp³-hybridized carbons (Fsp3) is 0.438. The molecule has 2 N–H and O–H groups in total. The average molecular weight is 315 g/mol. The summed E-state index contributed by atoms with van der Waals surface area (Å²) in [6.07, 6.45) is 2.25. The van der Waals surface area contributed by atoms with Crippen LogP contribution in [0.3, 0.4) is 0 Å². The van der Waals surface area contributed by atoms with Gasteiger partial charge >= 0.3 is 13.1 Å². The smallest absolute Gasteiger partial charge is 0.522 e. The van der Waals surface area contributed by atoms with Gasteiger partial charge in [-0.3, -0.25) is 4.90 Å². The zero-order valence-electron chi connectivity index (χ0n) is 12.7. The Bertz CT molecular complexity index is 662. The number of aromatic carboxylic acids is 1. The Morgan fingerprint density at radius 3 is 2.91 bits per heavy atom. The second-order valence-electron chi connectivity index (χ2n) is 5.62. The van der Waals surface area contributed by atoms with Gasteiger partial charge in [0.2, 0.25) is 0 Å². The number of carboxylic acids is 1. The summed E-state index contributed by atoms with van der Waals surface area (Å²) in [6, 6.07) is 3.40. The molecule has 0 saturated carbocycles. The highest BCUT2D eigenvalue weighted by atomic mass is 16.5. The van der Waals surface area contributed by atoms with Gasteiger partial charge in [-0.15, -0.1) is 0 Å². The van der Waals surface area contributed by atoms with Gasteiger partial charge in [0.15, 0.2) is 0 Å². The fourth-order valence-electron chi connectivity index (χ4n) is 2.61. The minimum atomic E-state index is -1.14. The number of aryl methyl sites for hydroxylation is 1. The van der Waals surface area contributed by atoms with Crippen LogP contribution in [0.5, 0.6) is 11.5 Å². The predicted octanol–water partition coefficient (Wildman–Crippen LogP) is 0.888. The maximum Gasteiger partial charge on any atom is 0.522 e. The molecule has 2 aliphatic heterocycles. The van der Waals surface area contributed by atoms with Gasteiger partial charge in [-0.1, -0.05) is 17.9 Å². The Morgan fingerprint density at radius 1 is 1.39 bits per heavy atom. The zero-order valence-corrected chi connectivity index (χ0v) is 12.7. The van der Waals surface area contributed by atoms with E-state index >= 15 is 0 Å². The Hall–Kier alpha value is -2.17. The van der Waals surface area contributed by atoms with Gasteiger partial charge in [0.05, 0.1) is 6.54 Å². The number of carbonyl (C=O) groups is 1. The standard InChI is InChI=1S/C16H18BNO5/c19-16(20)14-13(22-11-2-1-8-18-9-3-10-18)5-4-12-6-7-17(21)23-15(12)14/h4-5,21H,3,6-11H2,(H,19,20). The number of ether oxygens (including phenoxy) is 1. The van der Waals surface area contributed by atoms with Gasteiger partial charge in [-0.25, -0.2) is 4.79 Å². The van der Waals surface area contributed by atoms with Crippen molar-refractivity contribution in [3.8, 4) is 23.3 Å². The Morgan fingerprint density at radius 2 is 2.22 bits per heavy atom. The van der Waals surface area contributed by atoms with Crippen molar-refractivity contribution in [2.24, 2.45) is 0 Å². The van der Waals surface area contributed by atoms with E-state index in [-0.39, 0.29) is 23.7 Å². The Labute approximate surface area is 135 Å². The van der Waals surface area contributed by atoms with Crippen molar-refractivity contribution in [3.05, 3.63) is 23.3 Å². The summed E-state index contributed by atoms with van der Waals surface area (Å²) in [6.45, 7) is 3.01. The molecule has 1 saturated heterocycles. The van der Waals surface area contributed by atoms with Crippen LogP contribution in [0.25, 0.3) is 0 Å². The van der Waals surface area contributed by atoms with Crippen molar-refractivity contribution in [2.45, 2.75) is 19.2 Å². The molecule has 2 aliphatic rings. The first-order valence-electron chi connectivity index (χ1n) is 7.70. The third kappa shape index (κ3) is 3.60. The molecule has 1 aromatic carbocycles. The highest BCUT2D eigenvalue weighted by molar-refractivity contribution is 6.44. The number of fused-ring (bicyclic) bond motifs is 1. The Kier molecular flexibility index (Phi) is 4.75. The summed E-state index contributed by atoms with van der Waals surface area (Å²) >= 11 is 0. The lowest BCUT2D eigenvalue weighted by Gasteiger charge is -2.28. The van der Waals surface area contributed by atoms with E-state index in [9.17, 15) is 14.9 Å². The molecule has 6 nitrogen and oxygen atoms in total. The molecule has 1 fully saturated rings. The van der Waals surface area contributed by atoms with Crippen molar-refractivity contribution in [1.29, 1.82) is 0 Å². The number of rotatable bonds is 4. The molecule has 1 aromatic rings. The number of likely N-dealkylation sites (tertiary alicyclic amines) is 1. The van der Waals surface area contributed by atoms with Crippen molar-refractivity contribution in [2.75, 3.05) is 26.2 Å². The maximum atomic E-state index is 11.5. The summed E-state index contributed by atoms with van der Waals surface area (Å²) in [7, 11) is -0.979. The second kappa shape index (κ2) is 6.94. The van der Waals surface area contributed by atoms with Gasteiger partial charge in [0.25, 0.3) is 0 Å². The lowest BCUT2D eigenvalue weighted by Crippen LogP contribution is -2.37. The molecule has 0 bridgehead atoms. The van der Waals surface area contributed by atoms with Crippen LogP contribution in [-0.4, -0.2) is 54.4 Å². The van der Waals surface area contributed by atoms with E-state index in [2.05, 4.69) is 16.7 Å². The van der Waals surface area contributed by atoms with E-state index < -0.39 is 13.1 Å². The van der Waals surface area contributed by atoms with Crippen LogP contribution in [0.4, 0.5) is 0 Å². The zero-order chi connectivity index (χ0) is 16.2. The summed E-state index contributed by atoms with van der Waals surface area (Å²) in [5, 5.41) is 19.0. The highest BCUT2D eigenvalue weighted by Gasteiger charge is 2.30. The maximum absolute atomic E-state index is 11.5. The van der Waals surface area contributed by atoms with Crippen molar-refractivity contribution < 1.29 is 24.3 Å². The molecule has 0 aromatic heterocycles. The van der Waals surface area contributed by atoms with Crippen LogP contribution in [-0.2, 0) is 6.42 Å². The van der Waals surface area contributed by atoms with Crippen LogP contribution < -0.4 is 9.39 Å². The van der Waals surface area contributed by atoms with E-state index in [0.29, 0.717) is 19.3 Å². The number of benzene rings is 1. The van der Waals surface area contributed by atoms with Crippen LogP contribution in [0.2, 0.25) is 6.32 Å². The van der Waals surface area contributed by atoms with E-state index in [4.69, 9.17) is 9.39 Å². The molecule has 7 heteroatoms. The summed E-state index contributed by atoms with van der Waals surface area (Å²) < 4.78 is 10.8. The minimum Gasteiger partial charge on any atom is -0.535 e. The molecule has 2 heterocycles. The van der Waals surface area contributed by atoms with Crippen molar-refractivity contribution >= 4 is 13.1 Å². The Balaban J connectivity index is 1.70. The molecule has 0 unspecified atom stereocenters. The first-order valence-corrected chi connectivity index (χ1v) is 7.70. The van der Waals surface area contributed by atoms with Crippen molar-refractivity contribution in [1.82, 2.24) is 4.90 Å². The van der Waals surface area contributed by atoms with Crippen LogP contribution >= 0.6 is 0 Å². The first-order chi connectivity index (χ1) is 11.1. The van der Waals surface area contributed by atoms with E-state index in [1.165, 1.54) is 6.42 Å². The lowest BCUT2D eigenvalue weighted by atomic mass is 9.78. The van der Waals surface area contributed by atoms with E-state index in [0.717, 1.165) is 18.7 Å². The van der Waals surface area contributed by atoms with Gasteiger partial charge in [0, 0.05) is 13.1 Å². The molecule has 120 valence electrons. The fourth-order valence-corrected chi connectivity index (χ4v) is 2.61. The normalized spacial score (nSPS) is 16.5. The van der Waals surface area contributed by atoms with Gasteiger partial charge < -0.3 is 19.5 Å². The quantitative estimate of drug-likeness (QED) is 0.634. The molecular formula is C16H18BNO5. The van der Waals surface area contributed by atoms with Crippen LogP contribution in [0.15, 0.2) is 12.1 Å². The summed E-state index contributed by atoms with van der Waals surface area (Å²) in [4.78, 5) is 13.8. The molecule has 0 spiro atoms. The lowest BCUT2D eigenvalue weighted by molar-refractivity contribution is 0.0690. The van der Waals surface area contributed by atoms with Gasteiger partial charge in [-0.05, 0) is 30.8 Å². The summed E-state index contributed by atoms with van der Waals surface area (Å²) in [5.74, 6) is 5.17. The highest BCUT2D eigenvalue weighted by Crippen LogP contribution is 2.36. The molecule has 0 atom stereocenters. The molecule has 3 rings (SSSR count). The number of nitrogens with zero attached hydrogens (tertiary/aromatic N) is 1. The third-order valence-electron chi connectivity index (χ3n) is 4.01. The summed E-state index contributed by atoms with van der Waals surface area (Å²) in [5.41, 5.74) is 0.717. The monoisotopic (exact) mass is 315 g/mol. The average Bonchev–Trinajstić information content (AvgIpc) is 2.47. The topological polar surface area (TPSA) is 79.2 Å². The molecule has 23 heavy (non-hydrogen) atoms. The largest absolute Gasteiger partial charge is 0.535 e. The first kappa shape index (κ1) is 15.7. The van der Waals surface area contributed by atoms with E-state index in [1.807, 2.05) is 0 Å². The number of carboxylic acid groups (broad SMARTS) is 1. The third-order valence-corrected chi connectivity index (χ3v) is 4.01. The molecular weight excluding hydrogens is 297 g/mol. The molecule has 0 aliphatic carbocycles. The molecule has 0 radical (unpaired) electrons. The second-order valence-corrected chi connectivity index (χ2v) is 5.62.